The zero-order chi connectivity index (χ0) is 19.9. The van der Waals surface area contributed by atoms with Crippen LogP contribution in [0.5, 0.6) is 0 Å². The summed E-state index contributed by atoms with van der Waals surface area (Å²) in [5.41, 5.74) is 1.05. The Morgan fingerprint density at radius 3 is 2.71 bits per heavy atom. The van der Waals surface area contributed by atoms with Crippen LogP contribution >= 0.6 is 0 Å². The second-order valence-electron chi connectivity index (χ2n) is 7.75. The number of aromatic nitrogens is 2. The summed E-state index contributed by atoms with van der Waals surface area (Å²) < 4.78 is 0. The molecule has 3 heterocycles. The fraction of sp³-hybridized carbons (Fsp3) is 0.381. The van der Waals surface area contributed by atoms with Gasteiger partial charge in [-0.15, -0.1) is 6.58 Å². The van der Waals surface area contributed by atoms with Gasteiger partial charge in [0, 0.05) is 49.9 Å². The molecule has 0 radical (unpaired) electrons. The Balaban J connectivity index is 1.57. The molecule has 7 heteroatoms. The topological polar surface area (TPSA) is 89.5 Å². The molecule has 2 aliphatic heterocycles. The summed E-state index contributed by atoms with van der Waals surface area (Å²) in [5.74, 6) is -0.475. The summed E-state index contributed by atoms with van der Waals surface area (Å²) in [6.07, 6.45) is 1.79. The molecule has 0 saturated carbocycles. The van der Waals surface area contributed by atoms with E-state index >= 15 is 0 Å². The number of nitrogens with zero attached hydrogens (tertiary/aromatic N) is 3. The van der Waals surface area contributed by atoms with E-state index < -0.39 is 11.4 Å². The number of fused-ring (bicyclic) bond motifs is 1. The summed E-state index contributed by atoms with van der Waals surface area (Å²) >= 11 is 0. The van der Waals surface area contributed by atoms with Crippen LogP contribution in [0.3, 0.4) is 0 Å². The molecule has 1 aromatic heterocycles. The zero-order valence-electron chi connectivity index (χ0n) is 15.9. The first-order valence-corrected chi connectivity index (χ1v) is 9.42. The Kier molecular flexibility index (Phi) is 4.55. The van der Waals surface area contributed by atoms with E-state index in [0.717, 1.165) is 5.56 Å². The van der Waals surface area contributed by atoms with Gasteiger partial charge in [0.05, 0.1) is 0 Å². The number of benzene rings is 1. The molecule has 2 N–H and O–H groups in total. The maximum atomic E-state index is 13.1. The number of aryl methyl sites for hydroxylation is 1. The maximum Gasteiger partial charge on any atom is 0.313 e. The molecule has 0 bridgehead atoms. The van der Waals surface area contributed by atoms with Gasteiger partial charge in [-0.25, -0.2) is 4.98 Å². The van der Waals surface area contributed by atoms with Gasteiger partial charge in [0.15, 0.2) is 0 Å². The van der Waals surface area contributed by atoms with Crippen molar-refractivity contribution in [2.75, 3.05) is 32.7 Å². The van der Waals surface area contributed by atoms with E-state index in [1.165, 1.54) is 0 Å². The van der Waals surface area contributed by atoms with Crippen molar-refractivity contribution in [3.8, 4) is 11.4 Å². The normalized spacial score (nSPS) is 24.3. The summed E-state index contributed by atoms with van der Waals surface area (Å²) in [5, 5.41) is 9.93. The van der Waals surface area contributed by atoms with Crippen molar-refractivity contribution in [1.82, 2.24) is 19.8 Å². The Hall–Kier alpha value is -2.93. The minimum Gasteiger partial charge on any atom is -0.481 e. The van der Waals surface area contributed by atoms with E-state index in [-0.39, 0.29) is 18.4 Å². The van der Waals surface area contributed by atoms with Crippen molar-refractivity contribution in [3.63, 3.8) is 0 Å². The predicted molar refractivity (Wildman–Crippen MR) is 105 cm³/mol. The number of aliphatic carboxylic acids is 1. The van der Waals surface area contributed by atoms with Crippen molar-refractivity contribution < 1.29 is 14.7 Å². The highest BCUT2D eigenvalue weighted by molar-refractivity contribution is 5.95. The lowest BCUT2D eigenvalue weighted by molar-refractivity contribution is -0.148. The van der Waals surface area contributed by atoms with Crippen LogP contribution in [0, 0.1) is 18.3 Å². The van der Waals surface area contributed by atoms with Gasteiger partial charge in [-0.2, -0.15) is 0 Å². The van der Waals surface area contributed by atoms with E-state index in [4.69, 9.17) is 0 Å². The van der Waals surface area contributed by atoms with Crippen LogP contribution in [0.25, 0.3) is 11.4 Å². The van der Waals surface area contributed by atoms with Gasteiger partial charge < -0.3 is 15.0 Å². The largest absolute Gasteiger partial charge is 0.481 e. The van der Waals surface area contributed by atoms with Gasteiger partial charge in [-0.05, 0) is 6.92 Å². The monoisotopic (exact) mass is 380 g/mol. The standard InChI is InChI=1S/C21H24N4O3/c1-3-9-24-10-16-11-25(13-21(16,12-24)20(27)28)19(26)17-14(2)22-18(23-17)15-7-5-4-6-8-15/h3-8,16H,1,9-13H2,2H3,(H,22,23)(H,27,28)/t16-,21-/m1/s1. The minimum absolute atomic E-state index is 0.0817. The molecular weight excluding hydrogens is 356 g/mol. The number of aromatic amines is 1. The van der Waals surface area contributed by atoms with Crippen LogP contribution in [0.2, 0.25) is 0 Å². The molecule has 2 aromatic rings. The average Bonchev–Trinajstić information content (AvgIpc) is 3.33. The third-order valence-corrected chi connectivity index (χ3v) is 5.91. The molecule has 28 heavy (non-hydrogen) atoms. The van der Waals surface area contributed by atoms with Crippen molar-refractivity contribution in [2.45, 2.75) is 6.92 Å². The molecule has 4 rings (SSSR count). The molecule has 2 saturated heterocycles. The number of hydrogen-bond donors (Lipinski definition) is 2. The first-order chi connectivity index (χ1) is 13.4. The lowest BCUT2D eigenvalue weighted by Crippen LogP contribution is -2.42. The molecule has 146 valence electrons. The molecule has 0 spiro atoms. The van der Waals surface area contributed by atoms with E-state index in [1.807, 2.05) is 37.3 Å². The molecule has 7 nitrogen and oxygen atoms in total. The van der Waals surface area contributed by atoms with Crippen LogP contribution in [-0.2, 0) is 4.79 Å². The Labute approximate surface area is 163 Å². The number of imidazole rings is 1. The highest BCUT2D eigenvalue weighted by Gasteiger charge is 2.58. The molecular formula is C21H24N4O3. The summed E-state index contributed by atoms with van der Waals surface area (Å²) in [4.78, 5) is 36.7. The first kappa shape index (κ1) is 18.4. The average molecular weight is 380 g/mol. The number of carbonyl (C=O) groups excluding carboxylic acids is 1. The van der Waals surface area contributed by atoms with Gasteiger partial charge in [0.25, 0.3) is 5.91 Å². The van der Waals surface area contributed by atoms with Crippen molar-refractivity contribution in [2.24, 2.45) is 11.3 Å². The highest BCUT2D eigenvalue weighted by Crippen LogP contribution is 2.43. The van der Waals surface area contributed by atoms with Crippen molar-refractivity contribution in [1.29, 1.82) is 0 Å². The molecule has 2 fully saturated rings. The van der Waals surface area contributed by atoms with Crippen LogP contribution in [-0.4, -0.2) is 69.5 Å². The van der Waals surface area contributed by atoms with E-state index in [0.29, 0.717) is 43.4 Å². The van der Waals surface area contributed by atoms with Crippen molar-refractivity contribution >= 4 is 11.9 Å². The van der Waals surface area contributed by atoms with Gasteiger partial charge in [-0.3, -0.25) is 14.5 Å². The number of amides is 1. The zero-order valence-corrected chi connectivity index (χ0v) is 15.9. The second kappa shape index (κ2) is 6.91. The number of carbonyl (C=O) groups is 2. The predicted octanol–water partition coefficient (Wildman–Crippen LogP) is 2.03. The Morgan fingerprint density at radius 1 is 1.32 bits per heavy atom. The third kappa shape index (κ3) is 2.92. The quantitative estimate of drug-likeness (QED) is 0.775. The number of carboxylic acid groups (broad SMARTS) is 1. The maximum absolute atomic E-state index is 13.1. The number of hydrogen-bond acceptors (Lipinski definition) is 4. The second-order valence-corrected chi connectivity index (χ2v) is 7.75. The summed E-state index contributed by atoms with van der Waals surface area (Å²) in [6.45, 7) is 7.98. The summed E-state index contributed by atoms with van der Waals surface area (Å²) in [7, 11) is 0. The van der Waals surface area contributed by atoms with Crippen molar-refractivity contribution in [3.05, 3.63) is 54.4 Å². The van der Waals surface area contributed by atoms with E-state index in [9.17, 15) is 14.7 Å². The van der Waals surface area contributed by atoms with Crippen LogP contribution in [0.1, 0.15) is 16.2 Å². The molecule has 0 aliphatic carbocycles. The molecule has 0 unspecified atom stereocenters. The molecule has 2 aliphatic rings. The van der Waals surface area contributed by atoms with E-state index in [2.05, 4.69) is 21.4 Å². The number of likely N-dealkylation sites (tertiary alicyclic amines) is 2. The van der Waals surface area contributed by atoms with Crippen LogP contribution in [0.15, 0.2) is 43.0 Å². The molecule has 1 aromatic carbocycles. The minimum atomic E-state index is -0.912. The van der Waals surface area contributed by atoms with Crippen LogP contribution < -0.4 is 0 Å². The van der Waals surface area contributed by atoms with Gasteiger partial charge in [-0.1, -0.05) is 36.4 Å². The van der Waals surface area contributed by atoms with Crippen LogP contribution in [0.4, 0.5) is 0 Å². The van der Waals surface area contributed by atoms with Gasteiger partial charge >= 0.3 is 5.97 Å². The molecule has 2 atom stereocenters. The van der Waals surface area contributed by atoms with E-state index in [1.54, 1.807) is 11.0 Å². The first-order valence-electron chi connectivity index (χ1n) is 9.42. The lowest BCUT2D eigenvalue weighted by Gasteiger charge is -2.24. The van der Waals surface area contributed by atoms with Gasteiger partial charge in [0.2, 0.25) is 0 Å². The fourth-order valence-electron chi connectivity index (χ4n) is 4.50. The Bertz CT molecular complexity index is 923. The number of H-pyrrole nitrogens is 1. The SMILES string of the molecule is C=CCN1C[C@@H]2CN(C(=O)c3nc(-c4ccccc4)[nH]c3C)C[C@]2(C(=O)O)C1. The fourth-order valence-corrected chi connectivity index (χ4v) is 4.50. The highest BCUT2D eigenvalue weighted by atomic mass is 16.4. The lowest BCUT2D eigenvalue weighted by atomic mass is 9.81. The molecule has 1 amide bonds. The van der Waals surface area contributed by atoms with Gasteiger partial charge in [0.1, 0.15) is 16.9 Å². The number of nitrogens with one attached hydrogen (secondary N) is 1. The number of rotatable bonds is 5. The Morgan fingerprint density at radius 2 is 2.07 bits per heavy atom. The smallest absolute Gasteiger partial charge is 0.313 e. The number of carboxylic acids is 1. The summed E-state index contributed by atoms with van der Waals surface area (Å²) in [6, 6.07) is 9.63. The third-order valence-electron chi connectivity index (χ3n) is 5.91.